The summed E-state index contributed by atoms with van der Waals surface area (Å²) in [4.78, 5) is 0. The summed E-state index contributed by atoms with van der Waals surface area (Å²) in [6.45, 7) is 2.08. The van der Waals surface area contributed by atoms with Gasteiger partial charge in [0.2, 0.25) is 5.95 Å². The van der Waals surface area contributed by atoms with E-state index in [1.807, 2.05) is 0 Å². The summed E-state index contributed by atoms with van der Waals surface area (Å²) >= 11 is 2.31. The molecule has 23 heavy (non-hydrogen) atoms. The molecule has 4 rings (SSSR count). The van der Waals surface area contributed by atoms with Gasteiger partial charge < -0.3 is 5.32 Å². The third-order valence-corrected chi connectivity index (χ3v) is 4.62. The van der Waals surface area contributed by atoms with Gasteiger partial charge in [0.15, 0.2) is 0 Å². The van der Waals surface area contributed by atoms with Crippen LogP contribution in [0.15, 0.2) is 54.6 Å². The Morgan fingerprint density at radius 1 is 1.04 bits per heavy atom. The molecule has 6 heteroatoms. The average molecular weight is 415 g/mol. The number of tetrazole rings is 1. The number of nitrogens with zero attached hydrogens (tertiary/aromatic N) is 4. The Balaban J connectivity index is 1.79. The van der Waals surface area contributed by atoms with Crippen LogP contribution < -0.4 is 5.32 Å². The highest BCUT2D eigenvalue weighted by molar-refractivity contribution is 14.1. The highest BCUT2D eigenvalue weighted by atomic mass is 127. The van der Waals surface area contributed by atoms with E-state index in [1.165, 1.54) is 9.13 Å². The van der Waals surface area contributed by atoms with Gasteiger partial charge in [-0.2, -0.15) is 4.68 Å². The lowest BCUT2D eigenvalue weighted by Crippen LogP contribution is -2.20. The van der Waals surface area contributed by atoms with Gasteiger partial charge in [0.25, 0.3) is 0 Å². The lowest BCUT2D eigenvalue weighted by molar-refractivity contribution is 0.586. The van der Waals surface area contributed by atoms with Crippen LogP contribution in [0, 0.1) is 10.5 Å². The Morgan fingerprint density at radius 3 is 2.52 bits per heavy atom. The van der Waals surface area contributed by atoms with Crippen LogP contribution in [0.4, 0.5) is 5.95 Å². The van der Waals surface area contributed by atoms with Crippen LogP contribution in [0.2, 0.25) is 0 Å². The number of halogens is 1. The fraction of sp³-hybridized carbons (Fsp3) is 0.118. The monoisotopic (exact) mass is 415 g/mol. The van der Waals surface area contributed by atoms with Crippen LogP contribution in [0.3, 0.4) is 0 Å². The first-order valence-electron chi connectivity index (χ1n) is 7.30. The van der Waals surface area contributed by atoms with E-state index in [-0.39, 0.29) is 6.04 Å². The number of benzene rings is 2. The Hall–Kier alpha value is -2.22. The topological polar surface area (TPSA) is 55.6 Å². The van der Waals surface area contributed by atoms with Crippen molar-refractivity contribution in [2.75, 3.05) is 5.32 Å². The lowest BCUT2D eigenvalue weighted by Gasteiger charge is -2.23. The minimum atomic E-state index is -0.0175. The quantitative estimate of drug-likeness (QED) is 0.650. The molecule has 0 fully saturated rings. The maximum Gasteiger partial charge on any atom is 0.248 e. The van der Waals surface area contributed by atoms with Crippen molar-refractivity contribution in [2.45, 2.75) is 13.0 Å². The fourth-order valence-electron chi connectivity index (χ4n) is 2.65. The van der Waals surface area contributed by atoms with E-state index in [9.17, 15) is 0 Å². The summed E-state index contributed by atoms with van der Waals surface area (Å²) in [6.07, 6.45) is 2.16. The zero-order chi connectivity index (χ0) is 15.8. The van der Waals surface area contributed by atoms with Gasteiger partial charge in [0, 0.05) is 9.27 Å². The van der Waals surface area contributed by atoms with Crippen LogP contribution in [0.1, 0.15) is 22.7 Å². The first-order valence-corrected chi connectivity index (χ1v) is 8.38. The van der Waals surface area contributed by atoms with Crippen LogP contribution in [0.5, 0.6) is 0 Å². The molecule has 1 aromatic heterocycles. The molecule has 0 saturated heterocycles. The van der Waals surface area contributed by atoms with E-state index >= 15 is 0 Å². The molecular formula is C17H14IN5. The SMILES string of the molecule is Cc1ccc([C@@H]2C=C(c3ccc(I)cc3)Nc3nnnn32)cc1. The number of hydrogen-bond acceptors (Lipinski definition) is 4. The number of hydrogen-bond donors (Lipinski definition) is 1. The highest BCUT2D eigenvalue weighted by Gasteiger charge is 2.24. The Bertz CT molecular complexity index is 865. The Morgan fingerprint density at radius 2 is 1.78 bits per heavy atom. The predicted octanol–water partition coefficient (Wildman–Crippen LogP) is 3.64. The molecule has 1 aliphatic rings. The fourth-order valence-corrected chi connectivity index (χ4v) is 3.01. The molecule has 0 amide bonds. The number of allylic oxidation sites excluding steroid dienone is 1. The predicted molar refractivity (Wildman–Crippen MR) is 97.9 cm³/mol. The summed E-state index contributed by atoms with van der Waals surface area (Å²) in [5, 5.41) is 15.3. The van der Waals surface area contributed by atoms with Crippen molar-refractivity contribution in [1.29, 1.82) is 0 Å². The smallest absolute Gasteiger partial charge is 0.248 e. The standard InChI is InChI=1S/C17H14IN5/c1-11-2-4-13(5-3-11)16-10-15(12-6-8-14(18)9-7-12)19-17-20-21-22-23(16)17/h2-10,16H,1H3,(H,19,20,22)/t16-/m0/s1. The van der Waals surface area contributed by atoms with Gasteiger partial charge >= 0.3 is 0 Å². The summed E-state index contributed by atoms with van der Waals surface area (Å²) in [7, 11) is 0. The van der Waals surface area contributed by atoms with Gasteiger partial charge in [-0.25, -0.2) is 0 Å². The molecule has 3 aromatic rings. The molecule has 114 valence electrons. The highest BCUT2D eigenvalue weighted by Crippen LogP contribution is 2.31. The molecule has 1 aliphatic heterocycles. The van der Waals surface area contributed by atoms with Crippen molar-refractivity contribution in [3.8, 4) is 0 Å². The van der Waals surface area contributed by atoms with Crippen LogP contribution in [-0.2, 0) is 0 Å². The van der Waals surface area contributed by atoms with Crippen molar-refractivity contribution in [1.82, 2.24) is 20.2 Å². The Kier molecular flexibility index (Phi) is 3.60. The minimum absolute atomic E-state index is 0.0175. The average Bonchev–Trinajstić information content (AvgIpc) is 3.04. The summed E-state index contributed by atoms with van der Waals surface area (Å²) < 4.78 is 3.02. The molecule has 0 radical (unpaired) electrons. The van der Waals surface area contributed by atoms with E-state index in [2.05, 4.69) is 105 Å². The van der Waals surface area contributed by atoms with Crippen LogP contribution >= 0.6 is 22.6 Å². The number of nitrogens with one attached hydrogen (secondary N) is 1. The van der Waals surface area contributed by atoms with Gasteiger partial charge in [-0.15, -0.1) is 0 Å². The molecule has 0 saturated carbocycles. The van der Waals surface area contributed by atoms with E-state index in [0.29, 0.717) is 5.95 Å². The van der Waals surface area contributed by atoms with Crippen molar-refractivity contribution in [3.63, 3.8) is 0 Å². The molecule has 5 nitrogen and oxygen atoms in total. The number of rotatable bonds is 2. The van der Waals surface area contributed by atoms with Gasteiger partial charge in [-0.3, -0.25) is 0 Å². The third kappa shape index (κ3) is 2.74. The molecule has 0 aliphatic carbocycles. The molecule has 1 N–H and O–H groups in total. The van der Waals surface area contributed by atoms with E-state index in [4.69, 9.17) is 0 Å². The summed E-state index contributed by atoms with van der Waals surface area (Å²) in [6, 6.07) is 16.8. The second-order valence-electron chi connectivity index (χ2n) is 5.51. The maximum absolute atomic E-state index is 4.13. The molecule has 0 unspecified atom stereocenters. The van der Waals surface area contributed by atoms with E-state index in [0.717, 1.165) is 16.8 Å². The zero-order valence-corrected chi connectivity index (χ0v) is 14.6. The lowest BCUT2D eigenvalue weighted by atomic mass is 10.0. The number of aryl methyl sites for hydroxylation is 1. The third-order valence-electron chi connectivity index (χ3n) is 3.90. The molecule has 1 atom stereocenters. The van der Waals surface area contributed by atoms with Crippen molar-refractivity contribution in [3.05, 3.63) is 74.9 Å². The van der Waals surface area contributed by atoms with Crippen LogP contribution in [0.25, 0.3) is 5.70 Å². The van der Waals surface area contributed by atoms with Gasteiger partial charge in [0.05, 0.1) is 0 Å². The Labute approximate surface area is 147 Å². The summed E-state index contributed by atoms with van der Waals surface area (Å²) in [5.41, 5.74) is 4.54. The molecule has 2 aromatic carbocycles. The minimum Gasteiger partial charge on any atom is -0.323 e. The molecule has 0 spiro atoms. The van der Waals surface area contributed by atoms with E-state index in [1.54, 1.807) is 4.68 Å². The second-order valence-corrected chi connectivity index (χ2v) is 6.76. The van der Waals surface area contributed by atoms with Gasteiger partial charge in [-0.1, -0.05) is 47.1 Å². The first kappa shape index (κ1) is 14.4. The van der Waals surface area contributed by atoms with Crippen LogP contribution in [-0.4, -0.2) is 20.2 Å². The van der Waals surface area contributed by atoms with Gasteiger partial charge in [0.1, 0.15) is 6.04 Å². The number of fused-ring (bicyclic) bond motifs is 1. The first-order chi connectivity index (χ1) is 11.2. The number of anilines is 1. The molecular weight excluding hydrogens is 401 g/mol. The van der Waals surface area contributed by atoms with Gasteiger partial charge in [-0.05, 0) is 69.3 Å². The second kappa shape index (κ2) is 5.77. The van der Waals surface area contributed by atoms with E-state index < -0.39 is 0 Å². The normalized spacial score (nSPS) is 16.4. The summed E-state index contributed by atoms with van der Waals surface area (Å²) in [5.74, 6) is 0.659. The molecule has 2 heterocycles. The van der Waals surface area contributed by atoms with Crippen molar-refractivity contribution in [2.24, 2.45) is 0 Å². The van der Waals surface area contributed by atoms with Crippen molar-refractivity contribution >= 4 is 34.2 Å². The van der Waals surface area contributed by atoms with Crippen molar-refractivity contribution < 1.29 is 0 Å². The number of aromatic nitrogens is 4. The molecule has 0 bridgehead atoms. The zero-order valence-electron chi connectivity index (χ0n) is 12.4. The largest absolute Gasteiger partial charge is 0.323 e. The maximum atomic E-state index is 4.13.